The van der Waals surface area contributed by atoms with Crippen LogP contribution in [0.4, 0.5) is 19.0 Å². The first-order chi connectivity index (χ1) is 13.9. The molecule has 2 heterocycles. The Bertz CT molecular complexity index is 995. The summed E-state index contributed by atoms with van der Waals surface area (Å²) in [5, 5.41) is 0.945. The molecule has 2 aromatic carbocycles. The summed E-state index contributed by atoms with van der Waals surface area (Å²) in [7, 11) is 0. The minimum atomic E-state index is -4.36. The SMILES string of the molecule is CC1CCN(c2ccc3cccc(OCc4cccc(C(F)(F)F)c4)c3n2)CC1. The number of fused-ring (bicyclic) bond motifs is 1. The van der Waals surface area contributed by atoms with E-state index in [9.17, 15) is 13.2 Å². The molecule has 3 aromatic rings. The van der Waals surface area contributed by atoms with Crippen molar-refractivity contribution >= 4 is 16.7 Å². The van der Waals surface area contributed by atoms with Crippen molar-refractivity contribution in [2.75, 3.05) is 18.0 Å². The van der Waals surface area contributed by atoms with Gasteiger partial charge in [-0.2, -0.15) is 13.2 Å². The number of pyridine rings is 1. The van der Waals surface area contributed by atoms with Crippen molar-refractivity contribution in [3.8, 4) is 5.75 Å². The smallest absolute Gasteiger partial charge is 0.416 e. The number of hydrogen-bond donors (Lipinski definition) is 0. The van der Waals surface area contributed by atoms with Crippen LogP contribution in [-0.2, 0) is 12.8 Å². The van der Waals surface area contributed by atoms with Crippen molar-refractivity contribution in [1.82, 2.24) is 4.98 Å². The zero-order chi connectivity index (χ0) is 20.4. The van der Waals surface area contributed by atoms with E-state index in [2.05, 4.69) is 11.8 Å². The van der Waals surface area contributed by atoms with Gasteiger partial charge in [0.2, 0.25) is 0 Å². The van der Waals surface area contributed by atoms with Gasteiger partial charge in [-0.05, 0) is 54.7 Å². The van der Waals surface area contributed by atoms with Crippen LogP contribution in [-0.4, -0.2) is 18.1 Å². The minimum Gasteiger partial charge on any atom is -0.487 e. The molecule has 1 aliphatic rings. The lowest BCUT2D eigenvalue weighted by Gasteiger charge is -2.31. The van der Waals surface area contributed by atoms with Gasteiger partial charge in [0.05, 0.1) is 5.56 Å². The van der Waals surface area contributed by atoms with Crippen LogP contribution in [0.5, 0.6) is 5.75 Å². The first kappa shape index (κ1) is 19.6. The van der Waals surface area contributed by atoms with Crippen LogP contribution in [0.2, 0.25) is 0 Å². The number of alkyl halides is 3. The fourth-order valence-corrected chi connectivity index (χ4v) is 3.64. The van der Waals surface area contributed by atoms with E-state index in [0.29, 0.717) is 11.3 Å². The van der Waals surface area contributed by atoms with Gasteiger partial charge in [-0.1, -0.05) is 31.2 Å². The van der Waals surface area contributed by atoms with Crippen LogP contribution >= 0.6 is 0 Å². The minimum absolute atomic E-state index is 0.0518. The monoisotopic (exact) mass is 400 g/mol. The third-order valence-electron chi connectivity index (χ3n) is 5.42. The third-order valence-corrected chi connectivity index (χ3v) is 5.42. The molecule has 1 aromatic heterocycles. The van der Waals surface area contributed by atoms with Crippen molar-refractivity contribution in [2.45, 2.75) is 32.5 Å². The van der Waals surface area contributed by atoms with Gasteiger partial charge in [0.25, 0.3) is 0 Å². The number of nitrogens with zero attached hydrogens (tertiary/aromatic N) is 2. The van der Waals surface area contributed by atoms with Crippen molar-refractivity contribution in [1.29, 1.82) is 0 Å². The molecule has 0 N–H and O–H groups in total. The summed E-state index contributed by atoms with van der Waals surface area (Å²) in [6.45, 7) is 4.28. The Morgan fingerprint density at radius 2 is 1.79 bits per heavy atom. The van der Waals surface area contributed by atoms with Crippen LogP contribution in [0.15, 0.2) is 54.6 Å². The Kier molecular flexibility index (Phi) is 5.35. The lowest BCUT2D eigenvalue weighted by atomic mass is 9.99. The highest BCUT2D eigenvalue weighted by molar-refractivity contribution is 5.86. The lowest BCUT2D eigenvalue weighted by molar-refractivity contribution is -0.137. The molecule has 0 unspecified atom stereocenters. The number of para-hydroxylation sites is 1. The molecule has 0 atom stereocenters. The number of anilines is 1. The number of halogens is 3. The Labute approximate surface area is 168 Å². The summed E-state index contributed by atoms with van der Waals surface area (Å²) in [4.78, 5) is 7.09. The van der Waals surface area contributed by atoms with Gasteiger partial charge in [-0.25, -0.2) is 4.98 Å². The fourth-order valence-electron chi connectivity index (χ4n) is 3.64. The number of aromatic nitrogens is 1. The summed E-state index contributed by atoms with van der Waals surface area (Å²) < 4.78 is 44.7. The van der Waals surface area contributed by atoms with Gasteiger partial charge in [-0.3, -0.25) is 0 Å². The van der Waals surface area contributed by atoms with Crippen LogP contribution in [0.1, 0.15) is 30.9 Å². The highest BCUT2D eigenvalue weighted by Gasteiger charge is 2.30. The molecular formula is C23H23F3N2O. The number of hydrogen-bond acceptors (Lipinski definition) is 3. The summed E-state index contributed by atoms with van der Waals surface area (Å²) >= 11 is 0. The molecule has 0 amide bonds. The summed E-state index contributed by atoms with van der Waals surface area (Å²) in [6, 6.07) is 14.9. The van der Waals surface area contributed by atoms with Gasteiger partial charge in [0.1, 0.15) is 23.7 Å². The Hall–Kier alpha value is -2.76. The maximum absolute atomic E-state index is 12.9. The molecule has 0 saturated carbocycles. The first-order valence-electron chi connectivity index (χ1n) is 9.84. The number of ether oxygens (including phenoxy) is 1. The predicted octanol–water partition coefficient (Wildman–Crippen LogP) is 6.07. The number of benzene rings is 2. The van der Waals surface area contributed by atoms with Crippen molar-refractivity contribution in [2.24, 2.45) is 5.92 Å². The standard InChI is InChI=1S/C23H23F3N2O/c1-16-10-12-28(13-11-16)21-9-8-18-5-3-7-20(22(18)27-21)29-15-17-4-2-6-19(14-17)23(24,25)26/h2-9,14,16H,10-13,15H2,1H3. The first-order valence-corrected chi connectivity index (χ1v) is 9.84. The van der Waals surface area contributed by atoms with Crippen molar-refractivity contribution in [3.05, 3.63) is 65.7 Å². The molecule has 0 spiro atoms. The molecule has 1 fully saturated rings. The molecule has 0 radical (unpaired) electrons. The highest BCUT2D eigenvalue weighted by atomic mass is 19.4. The quantitative estimate of drug-likeness (QED) is 0.532. The van der Waals surface area contributed by atoms with Crippen LogP contribution in [0.25, 0.3) is 10.9 Å². The Morgan fingerprint density at radius 3 is 2.55 bits per heavy atom. The normalized spacial score (nSPS) is 15.7. The fraction of sp³-hybridized carbons (Fsp3) is 0.348. The topological polar surface area (TPSA) is 25.4 Å². The average Bonchev–Trinajstić information content (AvgIpc) is 2.72. The summed E-state index contributed by atoms with van der Waals surface area (Å²) in [6.07, 6.45) is -2.07. The van der Waals surface area contributed by atoms with E-state index in [-0.39, 0.29) is 6.61 Å². The molecule has 29 heavy (non-hydrogen) atoms. The second-order valence-electron chi connectivity index (χ2n) is 7.65. The Balaban J connectivity index is 1.56. The number of rotatable bonds is 4. The van der Waals surface area contributed by atoms with E-state index >= 15 is 0 Å². The van der Waals surface area contributed by atoms with Gasteiger partial charge >= 0.3 is 6.18 Å². The Morgan fingerprint density at radius 1 is 1.03 bits per heavy atom. The van der Waals surface area contributed by atoms with Crippen molar-refractivity contribution in [3.63, 3.8) is 0 Å². The van der Waals surface area contributed by atoms with Crippen LogP contribution in [0, 0.1) is 5.92 Å². The van der Waals surface area contributed by atoms with Crippen LogP contribution < -0.4 is 9.64 Å². The largest absolute Gasteiger partial charge is 0.487 e. The van der Waals surface area contributed by atoms with Crippen molar-refractivity contribution < 1.29 is 17.9 Å². The zero-order valence-electron chi connectivity index (χ0n) is 16.2. The highest BCUT2D eigenvalue weighted by Crippen LogP contribution is 2.31. The zero-order valence-corrected chi connectivity index (χ0v) is 16.2. The predicted molar refractivity (Wildman–Crippen MR) is 108 cm³/mol. The van der Waals surface area contributed by atoms with E-state index in [0.717, 1.165) is 60.7 Å². The van der Waals surface area contributed by atoms with Crippen LogP contribution in [0.3, 0.4) is 0 Å². The van der Waals surface area contributed by atoms with Gasteiger partial charge in [0, 0.05) is 18.5 Å². The lowest BCUT2D eigenvalue weighted by Crippen LogP contribution is -2.33. The maximum Gasteiger partial charge on any atom is 0.416 e. The van der Waals surface area contributed by atoms with Gasteiger partial charge < -0.3 is 9.64 Å². The second-order valence-corrected chi connectivity index (χ2v) is 7.65. The maximum atomic E-state index is 12.9. The summed E-state index contributed by atoms with van der Waals surface area (Å²) in [5.41, 5.74) is 0.532. The molecular weight excluding hydrogens is 377 g/mol. The molecule has 3 nitrogen and oxygen atoms in total. The molecule has 1 aliphatic heterocycles. The molecule has 152 valence electrons. The third kappa shape index (κ3) is 4.47. The molecule has 1 saturated heterocycles. The molecule has 0 aliphatic carbocycles. The molecule has 4 rings (SSSR count). The van der Waals surface area contributed by atoms with E-state index in [1.807, 2.05) is 30.3 Å². The van der Waals surface area contributed by atoms with E-state index in [4.69, 9.17) is 9.72 Å². The average molecular weight is 400 g/mol. The van der Waals surface area contributed by atoms with E-state index in [1.54, 1.807) is 6.07 Å². The molecule has 0 bridgehead atoms. The second kappa shape index (κ2) is 7.93. The summed E-state index contributed by atoms with van der Waals surface area (Å²) in [5.74, 6) is 2.23. The van der Waals surface area contributed by atoms with Gasteiger partial charge in [-0.15, -0.1) is 0 Å². The number of piperidine rings is 1. The van der Waals surface area contributed by atoms with E-state index in [1.165, 1.54) is 6.07 Å². The molecule has 6 heteroatoms. The van der Waals surface area contributed by atoms with Gasteiger partial charge in [0.15, 0.2) is 0 Å². The van der Waals surface area contributed by atoms with E-state index < -0.39 is 11.7 Å².